The summed E-state index contributed by atoms with van der Waals surface area (Å²) in [6, 6.07) is 7.08. The van der Waals surface area contributed by atoms with Crippen molar-refractivity contribution in [1.29, 1.82) is 0 Å². The molecule has 126 valence electrons. The number of nitrogens with zero attached hydrogens (tertiary/aromatic N) is 5. The molecule has 0 spiro atoms. The standard InChI is InChI=1S/C17H21N5O2/c1-13(2)24-15-6-3-5-14(20-15)16(23)21-9-11-22(12-10-21)17-18-7-4-8-19-17/h3-8,13H,9-12H2,1-2H3. The van der Waals surface area contributed by atoms with E-state index in [4.69, 9.17) is 4.74 Å². The van der Waals surface area contributed by atoms with Crippen LogP contribution in [0.25, 0.3) is 0 Å². The van der Waals surface area contributed by atoms with Gasteiger partial charge in [0.15, 0.2) is 0 Å². The average molecular weight is 327 g/mol. The van der Waals surface area contributed by atoms with Crippen molar-refractivity contribution >= 4 is 11.9 Å². The number of hydrogen-bond acceptors (Lipinski definition) is 6. The molecule has 0 atom stereocenters. The summed E-state index contributed by atoms with van der Waals surface area (Å²) >= 11 is 0. The third-order valence-electron chi connectivity index (χ3n) is 3.70. The number of carbonyl (C=O) groups excluding carboxylic acids is 1. The number of anilines is 1. The minimum Gasteiger partial charge on any atom is -0.475 e. The second-order valence-corrected chi connectivity index (χ2v) is 5.86. The highest BCUT2D eigenvalue weighted by Crippen LogP contribution is 2.14. The molecule has 1 amide bonds. The monoisotopic (exact) mass is 327 g/mol. The van der Waals surface area contributed by atoms with E-state index in [1.807, 2.05) is 13.8 Å². The van der Waals surface area contributed by atoms with Gasteiger partial charge < -0.3 is 14.5 Å². The van der Waals surface area contributed by atoms with Crippen LogP contribution >= 0.6 is 0 Å². The van der Waals surface area contributed by atoms with Crippen LogP contribution in [-0.2, 0) is 0 Å². The zero-order valence-electron chi connectivity index (χ0n) is 13.9. The van der Waals surface area contributed by atoms with E-state index in [2.05, 4.69) is 19.9 Å². The maximum atomic E-state index is 12.6. The molecule has 1 fully saturated rings. The van der Waals surface area contributed by atoms with Crippen LogP contribution in [0.1, 0.15) is 24.3 Å². The first-order valence-electron chi connectivity index (χ1n) is 8.08. The Bertz CT molecular complexity index is 684. The predicted octanol–water partition coefficient (Wildman–Crippen LogP) is 1.62. The second-order valence-electron chi connectivity index (χ2n) is 5.86. The van der Waals surface area contributed by atoms with Gasteiger partial charge in [-0.25, -0.2) is 15.0 Å². The Morgan fingerprint density at radius 1 is 1.08 bits per heavy atom. The van der Waals surface area contributed by atoms with Crippen LogP contribution in [0.15, 0.2) is 36.7 Å². The van der Waals surface area contributed by atoms with E-state index in [1.165, 1.54) is 0 Å². The van der Waals surface area contributed by atoms with Gasteiger partial charge in [-0.15, -0.1) is 0 Å². The van der Waals surface area contributed by atoms with Crippen LogP contribution in [0.4, 0.5) is 5.95 Å². The van der Waals surface area contributed by atoms with Gasteiger partial charge in [-0.2, -0.15) is 0 Å². The molecular formula is C17H21N5O2. The molecule has 2 aromatic heterocycles. The van der Waals surface area contributed by atoms with Crippen molar-refractivity contribution in [3.8, 4) is 5.88 Å². The van der Waals surface area contributed by atoms with Crippen molar-refractivity contribution in [3.05, 3.63) is 42.4 Å². The Labute approximate surface area is 141 Å². The van der Waals surface area contributed by atoms with Crippen molar-refractivity contribution in [1.82, 2.24) is 19.9 Å². The quantitative estimate of drug-likeness (QED) is 0.850. The first kappa shape index (κ1) is 16.2. The lowest BCUT2D eigenvalue weighted by molar-refractivity contribution is 0.0738. The van der Waals surface area contributed by atoms with Crippen LogP contribution in [0, 0.1) is 0 Å². The molecule has 3 rings (SSSR count). The predicted molar refractivity (Wildman–Crippen MR) is 90.1 cm³/mol. The van der Waals surface area contributed by atoms with E-state index in [1.54, 1.807) is 41.6 Å². The molecule has 7 nitrogen and oxygen atoms in total. The lowest BCUT2D eigenvalue weighted by Gasteiger charge is -2.34. The molecule has 1 aliphatic heterocycles. The highest BCUT2D eigenvalue weighted by atomic mass is 16.5. The minimum absolute atomic E-state index is 0.0252. The van der Waals surface area contributed by atoms with E-state index < -0.39 is 0 Å². The van der Waals surface area contributed by atoms with Crippen molar-refractivity contribution in [3.63, 3.8) is 0 Å². The van der Waals surface area contributed by atoms with Crippen molar-refractivity contribution in [2.45, 2.75) is 20.0 Å². The minimum atomic E-state index is -0.0714. The van der Waals surface area contributed by atoms with E-state index in [-0.39, 0.29) is 12.0 Å². The molecule has 0 bridgehead atoms. The Morgan fingerprint density at radius 3 is 2.46 bits per heavy atom. The molecule has 3 heterocycles. The topological polar surface area (TPSA) is 71.5 Å². The SMILES string of the molecule is CC(C)Oc1cccc(C(=O)N2CCN(c3ncccn3)CC2)n1. The number of ether oxygens (including phenoxy) is 1. The maximum Gasteiger partial charge on any atom is 0.272 e. The highest BCUT2D eigenvalue weighted by Gasteiger charge is 2.24. The van der Waals surface area contributed by atoms with Crippen LogP contribution in [0.5, 0.6) is 5.88 Å². The van der Waals surface area contributed by atoms with E-state index in [0.717, 1.165) is 0 Å². The highest BCUT2D eigenvalue weighted by molar-refractivity contribution is 5.92. The van der Waals surface area contributed by atoms with Gasteiger partial charge in [-0.05, 0) is 26.0 Å². The summed E-state index contributed by atoms with van der Waals surface area (Å²) in [5, 5.41) is 0. The van der Waals surface area contributed by atoms with Crippen LogP contribution in [-0.4, -0.2) is 58.0 Å². The molecule has 0 saturated carbocycles. The summed E-state index contributed by atoms with van der Waals surface area (Å²) in [5.74, 6) is 1.11. The summed E-state index contributed by atoms with van der Waals surface area (Å²) in [5.41, 5.74) is 0.414. The van der Waals surface area contributed by atoms with Crippen molar-refractivity contribution in [2.75, 3.05) is 31.1 Å². The fourth-order valence-electron chi connectivity index (χ4n) is 2.57. The Hall–Kier alpha value is -2.70. The smallest absolute Gasteiger partial charge is 0.272 e. The zero-order valence-corrected chi connectivity index (χ0v) is 13.9. The van der Waals surface area contributed by atoms with Gasteiger partial charge in [-0.3, -0.25) is 4.79 Å². The average Bonchev–Trinajstić information content (AvgIpc) is 2.62. The molecular weight excluding hydrogens is 306 g/mol. The van der Waals surface area contributed by atoms with E-state index in [0.29, 0.717) is 43.7 Å². The fraction of sp³-hybridized carbons (Fsp3) is 0.412. The summed E-state index contributed by atoms with van der Waals surface area (Å²) in [6.07, 6.45) is 3.48. The largest absolute Gasteiger partial charge is 0.475 e. The van der Waals surface area contributed by atoms with Gasteiger partial charge in [0.25, 0.3) is 5.91 Å². The number of aromatic nitrogens is 3. The number of hydrogen-bond donors (Lipinski definition) is 0. The van der Waals surface area contributed by atoms with Crippen LogP contribution in [0.3, 0.4) is 0 Å². The number of rotatable bonds is 4. The molecule has 0 aromatic carbocycles. The molecule has 2 aromatic rings. The molecule has 0 aliphatic carbocycles. The molecule has 0 radical (unpaired) electrons. The number of amides is 1. The second kappa shape index (κ2) is 7.25. The first-order valence-corrected chi connectivity index (χ1v) is 8.08. The third-order valence-corrected chi connectivity index (χ3v) is 3.70. The number of pyridine rings is 1. The summed E-state index contributed by atoms with van der Waals surface area (Å²) in [6.45, 7) is 6.51. The van der Waals surface area contributed by atoms with Gasteiger partial charge in [0.05, 0.1) is 6.10 Å². The Morgan fingerprint density at radius 2 is 1.79 bits per heavy atom. The lowest BCUT2D eigenvalue weighted by atomic mass is 10.2. The van der Waals surface area contributed by atoms with Gasteiger partial charge in [0, 0.05) is 44.6 Å². The number of piperazine rings is 1. The maximum absolute atomic E-state index is 12.6. The molecule has 7 heteroatoms. The lowest BCUT2D eigenvalue weighted by Crippen LogP contribution is -2.49. The Kier molecular flexibility index (Phi) is 4.88. The zero-order chi connectivity index (χ0) is 16.9. The van der Waals surface area contributed by atoms with Gasteiger partial charge in [-0.1, -0.05) is 6.07 Å². The fourth-order valence-corrected chi connectivity index (χ4v) is 2.57. The molecule has 0 unspecified atom stereocenters. The van der Waals surface area contributed by atoms with Gasteiger partial charge in [0.2, 0.25) is 11.8 Å². The van der Waals surface area contributed by atoms with E-state index in [9.17, 15) is 4.79 Å². The Balaban J connectivity index is 1.63. The summed E-state index contributed by atoms with van der Waals surface area (Å²) in [7, 11) is 0. The molecule has 0 N–H and O–H groups in total. The van der Waals surface area contributed by atoms with Crippen molar-refractivity contribution in [2.24, 2.45) is 0 Å². The summed E-state index contributed by atoms with van der Waals surface area (Å²) < 4.78 is 5.56. The van der Waals surface area contributed by atoms with Crippen molar-refractivity contribution < 1.29 is 9.53 Å². The molecule has 1 saturated heterocycles. The third kappa shape index (κ3) is 3.79. The van der Waals surface area contributed by atoms with Gasteiger partial charge in [0.1, 0.15) is 5.69 Å². The van der Waals surface area contributed by atoms with E-state index >= 15 is 0 Å². The normalized spacial score (nSPS) is 14.8. The van der Waals surface area contributed by atoms with Crippen LogP contribution < -0.4 is 9.64 Å². The number of carbonyl (C=O) groups is 1. The van der Waals surface area contributed by atoms with Gasteiger partial charge >= 0.3 is 0 Å². The summed E-state index contributed by atoms with van der Waals surface area (Å²) in [4.78, 5) is 29.3. The van der Waals surface area contributed by atoms with Crippen LogP contribution in [0.2, 0.25) is 0 Å². The molecule has 24 heavy (non-hydrogen) atoms. The first-order chi connectivity index (χ1) is 11.6. The molecule has 1 aliphatic rings.